The van der Waals surface area contributed by atoms with Crippen LogP contribution in [-0.2, 0) is 6.54 Å². The molecule has 0 spiro atoms. The first-order valence-corrected chi connectivity index (χ1v) is 9.64. The van der Waals surface area contributed by atoms with E-state index in [2.05, 4.69) is 17.2 Å². The zero-order chi connectivity index (χ0) is 19.4. The highest BCUT2D eigenvalue weighted by Crippen LogP contribution is 2.32. The summed E-state index contributed by atoms with van der Waals surface area (Å²) in [5, 5.41) is 13.4. The Balaban J connectivity index is 1.35. The molecule has 1 saturated carbocycles. The van der Waals surface area contributed by atoms with E-state index in [1.165, 1.54) is 6.42 Å². The van der Waals surface area contributed by atoms with E-state index < -0.39 is 5.60 Å². The number of fused-ring (bicyclic) bond motifs is 1. The van der Waals surface area contributed by atoms with Crippen molar-refractivity contribution in [2.24, 2.45) is 0 Å². The fraction of sp³-hybridized carbons (Fsp3) is 0.348. The Morgan fingerprint density at radius 1 is 1.04 bits per heavy atom. The molecule has 1 amide bonds. The van der Waals surface area contributed by atoms with Gasteiger partial charge in [0.05, 0.1) is 0 Å². The van der Waals surface area contributed by atoms with Crippen molar-refractivity contribution in [2.75, 3.05) is 6.79 Å². The number of nitrogens with one attached hydrogen (secondary N) is 1. The maximum Gasteiger partial charge on any atom is 0.251 e. The van der Waals surface area contributed by atoms with Crippen LogP contribution in [0.5, 0.6) is 11.5 Å². The second kappa shape index (κ2) is 7.95. The minimum absolute atomic E-state index is 0.150. The van der Waals surface area contributed by atoms with E-state index in [0.717, 1.165) is 42.6 Å². The van der Waals surface area contributed by atoms with Crippen molar-refractivity contribution in [1.29, 1.82) is 0 Å². The maximum absolute atomic E-state index is 12.4. The zero-order valence-electron chi connectivity index (χ0n) is 15.7. The molecule has 28 heavy (non-hydrogen) atoms. The lowest BCUT2D eigenvalue weighted by Gasteiger charge is -2.26. The van der Waals surface area contributed by atoms with Gasteiger partial charge < -0.3 is 19.9 Å². The van der Waals surface area contributed by atoms with E-state index in [-0.39, 0.29) is 12.7 Å². The van der Waals surface area contributed by atoms with Crippen LogP contribution in [0.1, 0.15) is 53.6 Å². The number of aliphatic hydroxyl groups is 1. The molecule has 0 radical (unpaired) electrons. The van der Waals surface area contributed by atoms with Crippen LogP contribution in [-0.4, -0.2) is 23.4 Å². The van der Waals surface area contributed by atoms with Crippen LogP contribution in [0.2, 0.25) is 0 Å². The van der Waals surface area contributed by atoms with Crippen molar-refractivity contribution in [3.05, 3.63) is 59.2 Å². The Kier molecular flexibility index (Phi) is 5.23. The van der Waals surface area contributed by atoms with Gasteiger partial charge in [0.1, 0.15) is 5.60 Å². The monoisotopic (exact) mass is 377 g/mol. The Morgan fingerprint density at radius 2 is 1.79 bits per heavy atom. The quantitative estimate of drug-likeness (QED) is 0.805. The normalized spacial score (nSPS) is 16.8. The molecule has 2 N–H and O–H groups in total. The Hall–Kier alpha value is -2.97. The molecule has 1 aliphatic carbocycles. The molecular formula is C23H23NO4. The number of carbonyl (C=O) groups is 1. The first-order chi connectivity index (χ1) is 13.6. The number of benzene rings is 2. The number of hydrogen-bond acceptors (Lipinski definition) is 4. The molecule has 0 saturated heterocycles. The molecule has 1 heterocycles. The number of rotatable bonds is 3. The van der Waals surface area contributed by atoms with Gasteiger partial charge in [0.25, 0.3) is 5.91 Å². The summed E-state index contributed by atoms with van der Waals surface area (Å²) in [7, 11) is 0. The highest BCUT2D eigenvalue weighted by atomic mass is 16.7. The lowest BCUT2D eigenvalue weighted by atomic mass is 9.85. The second-order valence-electron chi connectivity index (χ2n) is 7.29. The molecule has 0 unspecified atom stereocenters. The van der Waals surface area contributed by atoms with Crippen LogP contribution < -0.4 is 14.8 Å². The summed E-state index contributed by atoms with van der Waals surface area (Å²) in [6.07, 6.45) is 4.68. The highest BCUT2D eigenvalue weighted by Gasteiger charge is 2.26. The number of carbonyl (C=O) groups excluding carboxylic acids is 1. The largest absolute Gasteiger partial charge is 0.454 e. The molecule has 2 aliphatic rings. The summed E-state index contributed by atoms with van der Waals surface area (Å²) in [6.45, 7) is 0.641. The van der Waals surface area contributed by atoms with E-state index in [0.29, 0.717) is 17.9 Å². The second-order valence-corrected chi connectivity index (χ2v) is 7.29. The van der Waals surface area contributed by atoms with E-state index in [1.807, 2.05) is 30.3 Å². The first kappa shape index (κ1) is 18.4. The molecule has 2 aromatic carbocycles. The van der Waals surface area contributed by atoms with Gasteiger partial charge in [-0.3, -0.25) is 4.79 Å². The smallest absolute Gasteiger partial charge is 0.251 e. The molecule has 5 heteroatoms. The van der Waals surface area contributed by atoms with Gasteiger partial charge in [-0.25, -0.2) is 0 Å². The van der Waals surface area contributed by atoms with Crippen LogP contribution >= 0.6 is 0 Å². The summed E-state index contributed by atoms with van der Waals surface area (Å²) in [5.74, 6) is 7.34. The van der Waals surface area contributed by atoms with Gasteiger partial charge in [0.15, 0.2) is 11.5 Å². The van der Waals surface area contributed by atoms with E-state index in [1.54, 1.807) is 12.1 Å². The highest BCUT2D eigenvalue weighted by molar-refractivity contribution is 5.94. The average molecular weight is 377 g/mol. The predicted molar refractivity (Wildman–Crippen MR) is 105 cm³/mol. The van der Waals surface area contributed by atoms with Gasteiger partial charge in [-0.15, -0.1) is 0 Å². The van der Waals surface area contributed by atoms with E-state index >= 15 is 0 Å². The van der Waals surface area contributed by atoms with Crippen LogP contribution in [0.15, 0.2) is 42.5 Å². The average Bonchev–Trinajstić information content (AvgIpc) is 3.19. The minimum atomic E-state index is -0.862. The predicted octanol–water partition coefficient (Wildman–Crippen LogP) is 3.39. The van der Waals surface area contributed by atoms with Crippen molar-refractivity contribution in [3.63, 3.8) is 0 Å². The lowest BCUT2D eigenvalue weighted by molar-refractivity contribution is 0.0610. The van der Waals surface area contributed by atoms with Crippen LogP contribution in [0, 0.1) is 11.8 Å². The molecular weight excluding hydrogens is 354 g/mol. The molecule has 0 aromatic heterocycles. The third kappa shape index (κ3) is 4.29. The summed E-state index contributed by atoms with van der Waals surface area (Å²) >= 11 is 0. The lowest BCUT2D eigenvalue weighted by Crippen LogP contribution is -2.29. The minimum Gasteiger partial charge on any atom is -0.454 e. The van der Waals surface area contributed by atoms with Crippen LogP contribution in [0.25, 0.3) is 0 Å². The molecule has 0 bridgehead atoms. The Labute approximate surface area is 164 Å². The van der Waals surface area contributed by atoms with Crippen molar-refractivity contribution in [1.82, 2.24) is 5.32 Å². The third-order valence-corrected chi connectivity index (χ3v) is 5.16. The van der Waals surface area contributed by atoms with Gasteiger partial charge >= 0.3 is 0 Å². The van der Waals surface area contributed by atoms with Crippen molar-refractivity contribution in [3.8, 4) is 23.3 Å². The summed E-state index contributed by atoms with van der Waals surface area (Å²) in [6, 6.07) is 12.8. The van der Waals surface area contributed by atoms with Crippen molar-refractivity contribution in [2.45, 2.75) is 44.2 Å². The fourth-order valence-corrected chi connectivity index (χ4v) is 3.49. The molecule has 5 nitrogen and oxygen atoms in total. The van der Waals surface area contributed by atoms with Gasteiger partial charge in [0.2, 0.25) is 6.79 Å². The Bertz CT molecular complexity index is 918. The fourth-order valence-electron chi connectivity index (χ4n) is 3.49. The molecule has 2 aromatic rings. The SMILES string of the molecule is O=C(NCc1ccc2c(c1)OCO2)c1ccc(C#CC2(O)CCCCC2)cc1. The standard InChI is InChI=1S/C23H23NO4/c25-22(24-15-18-6-9-20-21(14-18)28-16-27-20)19-7-4-17(5-8-19)10-13-23(26)11-2-1-3-12-23/h4-9,14,26H,1-3,11-12,15-16H2,(H,24,25). The first-order valence-electron chi connectivity index (χ1n) is 9.64. The van der Waals surface area contributed by atoms with Gasteiger partial charge in [-0.05, 0) is 67.6 Å². The number of amides is 1. The van der Waals surface area contributed by atoms with Crippen molar-refractivity contribution < 1.29 is 19.4 Å². The zero-order valence-corrected chi connectivity index (χ0v) is 15.7. The summed E-state index contributed by atoms with van der Waals surface area (Å²) in [5.41, 5.74) is 1.45. The Morgan fingerprint density at radius 3 is 2.57 bits per heavy atom. The van der Waals surface area contributed by atoms with Crippen LogP contribution in [0.4, 0.5) is 0 Å². The van der Waals surface area contributed by atoms with Crippen molar-refractivity contribution >= 4 is 5.91 Å². The van der Waals surface area contributed by atoms with Gasteiger partial charge in [-0.2, -0.15) is 0 Å². The summed E-state index contributed by atoms with van der Waals surface area (Å²) in [4.78, 5) is 12.4. The van der Waals surface area contributed by atoms with Crippen LogP contribution in [0.3, 0.4) is 0 Å². The number of hydrogen-bond donors (Lipinski definition) is 2. The summed E-state index contributed by atoms with van der Waals surface area (Å²) < 4.78 is 10.6. The molecule has 1 fully saturated rings. The van der Waals surface area contributed by atoms with E-state index in [4.69, 9.17) is 9.47 Å². The van der Waals surface area contributed by atoms with E-state index in [9.17, 15) is 9.90 Å². The maximum atomic E-state index is 12.4. The molecule has 4 rings (SSSR count). The number of ether oxygens (including phenoxy) is 2. The topological polar surface area (TPSA) is 67.8 Å². The van der Waals surface area contributed by atoms with Gasteiger partial charge in [-0.1, -0.05) is 24.3 Å². The molecule has 144 valence electrons. The van der Waals surface area contributed by atoms with Gasteiger partial charge in [0, 0.05) is 17.7 Å². The molecule has 0 atom stereocenters. The molecule has 1 aliphatic heterocycles. The third-order valence-electron chi connectivity index (χ3n) is 5.16.